The summed E-state index contributed by atoms with van der Waals surface area (Å²) < 4.78 is 0. The van der Waals surface area contributed by atoms with Crippen LogP contribution < -0.4 is 5.32 Å². The standard InChI is InChI=1S/C10H20BrN/c1-10(2)6-9-12-8-5-3-4-7-11/h6,12H,3-5,7-9H2,1-2H3. The molecule has 0 aromatic carbocycles. The molecule has 0 radical (unpaired) electrons. The fraction of sp³-hybridized carbons (Fsp3) is 0.800. The Bertz CT molecular complexity index is 117. The molecule has 0 bridgehead atoms. The molecule has 0 fully saturated rings. The lowest BCUT2D eigenvalue weighted by atomic mass is 10.2. The van der Waals surface area contributed by atoms with Crippen molar-refractivity contribution in [3.05, 3.63) is 11.6 Å². The molecule has 0 unspecified atom stereocenters. The lowest BCUT2D eigenvalue weighted by Crippen LogP contribution is -2.15. The van der Waals surface area contributed by atoms with E-state index in [4.69, 9.17) is 0 Å². The normalized spacial score (nSPS) is 9.92. The van der Waals surface area contributed by atoms with Gasteiger partial charge in [0, 0.05) is 11.9 Å². The molecule has 0 aliphatic carbocycles. The third-order valence-corrected chi connectivity index (χ3v) is 2.20. The summed E-state index contributed by atoms with van der Waals surface area (Å²) in [5.74, 6) is 0. The number of allylic oxidation sites excluding steroid dienone is 1. The van der Waals surface area contributed by atoms with Crippen LogP contribution in [0.15, 0.2) is 11.6 Å². The zero-order valence-electron chi connectivity index (χ0n) is 8.20. The first-order chi connectivity index (χ1) is 5.77. The highest BCUT2D eigenvalue weighted by molar-refractivity contribution is 9.09. The third-order valence-electron chi connectivity index (χ3n) is 1.64. The third kappa shape index (κ3) is 10.2. The quantitative estimate of drug-likeness (QED) is 0.405. The molecule has 0 amide bonds. The second-order valence-corrected chi connectivity index (χ2v) is 4.03. The maximum atomic E-state index is 3.42. The highest BCUT2D eigenvalue weighted by atomic mass is 79.9. The number of hydrogen-bond acceptors (Lipinski definition) is 1. The van der Waals surface area contributed by atoms with Crippen LogP contribution in [-0.2, 0) is 0 Å². The van der Waals surface area contributed by atoms with E-state index >= 15 is 0 Å². The largest absolute Gasteiger partial charge is 0.313 e. The van der Waals surface area contributed by atoms with Crippen LogP contribution in [0.3, 0.4) is 0 Å². The van der Waals surface area contributed by atoms with Gasteiger partial charge < -0.3 is 5.32 Å². The van der Waals surface area contributed by atoms with Gasteiger partial charge in [0.25, 0.3) is 0 Å². The summed E-state index contributed by atoms with van der Waals surface area (Å²) in [6.45, 7) is 6.44. The Hall–Kier alpha value is 0.180. The van der Waals surface area contributed by atoms with Gasteiger partial charge in [0.15, 0.2) is 0 Å². The Kier molecular flexibility index (Phi) is 9.41. The maximum absolute atomic E-state index is 3.42. The van der Waals surface area contributed by atoms with Crippen molar-refractivity contribution < 1.29 is 0 Å². The summed E-state index contributed by atoms with van der Waals surface area (Å²) in [5, 5.41) is 4.52. The van der Waals surface area contributed by atoms with Crippen LogP contribution in [0.4, 0.5) is 0 Å². The number of rotatable bonds is 7. The summed E-state index contributed by atoms with van der Waals surface area (Å²) in [7, 11) is 0. The monoisotopic (exact) mass is 233 g/mol. The molecule has 1 N–H and O–H groups in total. The van der Waals surface area contributed by atoms with Crippen LogP contribution in [-0.4, -0.2) is 18.4 Å². The highest BCUT2D eigenvalue weighted by Gasteiger charge is 1.86. The van der Waals surface area contributed by atoms with Gasteiger partial charge in [-0.1, -0.05) is 34.0 Å². The molecule has 1 nitrogen and oxygen atoms in total. The van der Waals surface area contributed by atoms with Gasteiger partial charge in [0.1, 0.15) is 0 Å². The van der Waals surface area contributed by atoms with E-state index in [1.807, 2.05) is 0 Å². The van der Waals surface area contributed by atoms with Crippen molar-refractivity contribution >= 4 is 15.9 Å². The lowest BCUT2D eigenvalue weighted by molar-refractivity contribution is 0.649. The van der Waals surface area contributed by atoms with E-state index in [0.29, 0.717) is 0 Å². The minimum atomic E-state index is 1.02. The minimum Gasteiger partial charge on any atom is -0.313 e. The lowest BCUT2D eigenvalue weighted by Gasteiger charge is -2.00. The number of hydrogen-bond donors (Lipinski definition) is 1. The average molecular weight is 234 g/mol. The minimum absolute atomic E-state index is 1.02. The SMILES string of the molecule is CC(C)=CCNCCCCCBr. The molecule has 0 aliphatic heterocycles. The fourth-order valence-electron chi connectivity index (χ4n) is 0.900. The summed E-state index contributed by atoms with van der Waals surface area (Å²) in [4.78, 5) is 0. The second kappa shape index (κ2) is 9.27. The Balaban J connectivity index is 2.96. The predicted molar refractivity (Wildman–Crippen MR) is 59.9 cm³/mol. The zero-order chi connectivity index (χ0) is 9.23. The predicted octanol–water partition coefficient (Wildman–Crippen LogP) is 3.11. The van der Waals surface area contributed by atoms with Gasteiger partial charge in [0.05, 0.1) is 0 Å². The van der Waals surface area contributed by atoms with Crippen molar-refractivity contribution in [3.63, 3.8) is 0 Å². The van der Waals surface area contributed by atoms with Gasteiger partial charge in [-0.15, -0.1) is 0 Å². The van der Waals surface area contributed by atoms with E-state index in [9.17, 15) is 0 Å². The Morgan fingerprint density at radius 2 is 2.00 bits per heavy atom. The van der Waals surface area contributed by atoms with Crippen molar-refractivity contribution in [2.24, 2.45) is 0 Å². The molecule has 0 aromatic heterocycles. The molecule has 0 spiro atoms. The Morgan fingerprint density at radius 3 is 2.58 bits per heavy atom. The van der Waals surface area contributed by atoms with Crippen LogP contribution >= 0.6 is 15.9 Å². The zero-order valence-corrected chi connectivity index (χ0v) is 9.78. The average Bonchev–Trinajstić information content (AvgIpc) is 2.02. The van der Waals surface area contributed by atoms with Crippen molar-refractivity contribution in [1.82, 2.24) is 5.32 Å². The molecule has 0 rings (SSSR count). The maximum Gasteiger partial charge on any atom is 0.0137 e. The highest BCUT2D eigenvalue weighted by Crippen LogP contribution is 1.96. The van der Waals surface area contributed by atoms with Gasteiger partial charge in [-0.05, 0) is 33.2 Å². The molecule has 0 saturated heterocycles. The van der Waals surface area contributed by atoms with E-state index in [0.717, 1.165) is 18.4 Å². The van der Waals surface area contributed by atoms with Crippen LogP contribution in [0, 0.1) is 0 Å². The van der Waals surface area contributed by atoms with Crippen molar-refractivity contribution in [1.29, 1.82) is 0 Å². The summed E-state index contributed by atoms with van der Waals surface area (Å²) in [5.41, 5.74) is 1.39. The van der Waals surface area contributed by atoms with Crippen molar-refractivity contribution in [2.75, 3.05) is 18.4 Å². The second-order valence-electron chi connectivity index (χ2n) is 3.24. The van der Waals surface area contributed by atoms with Crippen LogP contribution in [0.5, 0.6) is 0 Å². The Labute approximate surface area is 84.8 Å². The summed E-state index contributed by atoms with van der Waals surface area (Å²) in [6, 6.07) is 0. The van der Waals surface area contributed by atoms with Crippen LogP contribution in [0.25, 0.3) is 0 Å². The molecule has 12 heavy (non-hydrogen) atoms. The number of nitrogens with one attached hydrogen (secondary N) is 1. The number of halogens is 1. The van der Waals surface area contributed by atoms with Gasteiger partial charge >= 0.3 is 0 Å². The first-order valence-corrected chi connectivity index (χ1v) is 5.79. The van der Waals surface area contributed by atoms with E-state index in [-0.39, 0.29) is 0 Å². The number of unbranched alkanes of at least 4 members (excludes halogenated alkanes) is 2. The first-order valence-electron chi connectivity index (χ1n) is 4.67. The van der Waals surface area contributed by atoms with Gasteiger partial charge in [-0.3, -0.25) is 0 Å². The fourth-order valence-corrected chi connectivity index (χ4v) is 1.30. The molecule has 0 aliphatic rings. The molecule has 0 saturated carbocycles. The van der Waals surface area contributed by atoms with Crippen molar-refractivity contribution in [2.45, 2.75) is 33.1 Å². The van der Waals surface area contributed by atoms with E-state index in [2.05, 4.69) is 41.2 Å². The molecule has 72 valence electrons. The molecule has 0 heterocycles. The Morgan fingerprint density at radius 1 is 1.25 bits per heavy atom. The molecular weight excluding hydrogens is 214 g/mol. The van der Waals surface area contributed by atoms with Crippen molar-refractivity contribution in [3.8, 4) is 0 Å². The van der Waals surface area contributed by atoms with Gasteiger partial charge in [-0.2, -0.15) is 0 Å². The topological polar surface area (TPSA) is 12.0 Å². The van der Waals surface area contributed by atoms with E-state index in [1.165, 1.54) is 24.8 Å². The number of alkyl halides is 1. The molecule has 2 heteroatoms. The molecule has 0 atom stereocenters. The van der Waals surface area contributed by atoms with Crippen LogP contribution in [0.2, 0.25) is 0 Å². The van der Waals surface area contributed by atoms with E-state index < -0.39 is 0 Å². The summed E-state index contributed by atoms with van der Waals surface area (Å²) >= 11 is 3.42. The summed E-state index contributed by atoms with van der Waals surface area (Å²) in [6.07, 6.45) is 6.14. The smallest absolute Gasteiger partial charge is 0.0137 e. The molecule has 0 aromatic rings. The van der Waals surface area contributed by atoms with Gasteiger partial charge in [0.2, 0.25) is 0 Å². The van der Waals surface area contributed by atoms with Gasteiger partial charge in [-0.25, -0.2) is 0 Å². The molecular formula is C10H20BrN. The van der Waals surface area contributed by atoms with Crippen LogP contribution in [0.1, 0.15) is 33.1 Å². The van der Waals surface area contributed by atoms with E-state index in [1.54, 1.807) is 0 Å². The first kappa shape index (κ1) is 12.2.